The van der Waals surface area contributed by atoms with Crippen LogP contribution in [0.5, 0.6) is 11.5 Å². The first-order chi connectivity index (χ1) is 28.4. The monoisotopic (exact) mass is 753 g/mol. The molecule has 0 spiro atoms. The van der Waals surface area contributed by atoms with Gasteiger partial charge in [0, 0.05) is 16.8 Å². The third kappa shape index (κ3) is 8.21. The fraction of sp³-hybridized carbons (Fsp3) is 0.0909. The Kier molecular flexibility index (Phi) is 11.0. The molecule has 3 nitrogen and oxygen atoms in total. The van der Waals surface area contributed by atoms with Gasteiger partial charge < -0.3 is 14.4 Å². The first-order valence-electron chi connectivity index (χ1n) is 19.7. The molecule has 0 aliphatic rings. The summed E-state index contributed by atoms with van der Waals surface area (Å²) < 4.78 is 11.2. The largest absolute Gasteiger partial charge is 0.497 e. The molecular weight excluding hydrogens is 707 g/mol. The van der Waals surface area contributed by atoms with Gasteiger partial charge in [-0.2, -0.15) is 0 Å². The van der Waals surface area contributed by atoms with E-state index in [0.29, 0.717) is 0 Å². The molecular formula is C55H47NO2. The van der Waals surface area contributed by atoms with E-state index in [-0.39, 0.29) is 0 Å². The highest BCUT2D eigenvalue weighted by atomic mass is 16.5. The molecule has 8 aromatic rings. The molecule has 0 saturated heterocycles. The topological polar surface area (TPSA) is 21.7 Å². The van der Waals surface area contributed by atoms with Crippen molar-refractivity contribution in [3.63, 3.8) is 0 Å². The number of aryl methyl sites for hydroxylation is 3. The van der Waals surface area contributed by atoms with Gasteiger partial charge >= 0.3 is 0 Å². The Morgan fingerprint density at radius 3 is 1.53 bits per heavy atom. The first kappa shape index (κ1) is 37.8. The van der Waals surface area contributed by atoms with Crippen molar-refractivity contribution in [2.24, 2.45) is 0 Å². The molecule has 0 N–H and O–H groups in total. The molecule has 3 heteroatoms. The van der Waals surface area contributed by atoms with Crippen LogP contribution in [0.2, 0.25) is 0 Å². The van der Waals surface area contributed by atoms with Crippen LogP contribution in [0, 0.1) is 20.8 Å². The van der Waals surface area contributed by atoms with Crippen molar-refractivity contribution in [1.82, 2.24) is 0 Å². The maximum Gasteiger partial charge on any atom is 0.119 e. The van der Waals surface area contributed by atoms with Crippen molar-refractivity contribution in [2.75, 3.05) is 19.1 Å². The fourth-order valence-corrected chi connectivity index (χ4v) is 7.58. The number of ether oxygens (including phenoxy) is 2. The van der Waals surface area contributed by atoms with Gasteiger partial charge in [-0.1, -0.05) is 139 Å². The molecule has 0 aliphatic carbocycles. The molecule has 8 rings (SSSR count). The fourth-order valence-electron chi connectivity index (χ4n) is 7.58. The second kappa shape index (κ2) is 17.0. The standard InChI is InChI=1S/C55H47NO2/c1-38-19-25-42(26-20-38)54(43-27-21-39(2)22-28-43)37-46-29-32-55(52-18-7-6-17-51(46)52)56(48-14-8-11-40(3)33-48)47-30-23-41(24-31-47)34-53(44-12-9-15-49(35-44)57-4)45-13-10-16-50(36-45)58-5/h6-37H,1-5H3. The summed E-state index contributed by atoms with van der Waals surface area (Å²) in [5.41, 5.74) is 16.0. The summed E-state index contributed by atoms with van der Waals surface area (Å²) in [6.07, 6.45) is 4.59. The molecule has 0 atom stereocenters. The Morgan fingerprint density at radius 1 is 0.414 bits per heavy atom. The molecule has 0 amide bonds. The number of benzene rings is 8. The molecule has 8 aromatic carbocycles. The lowest BCUT2D eigenvalue weighted by atomic mass is 9.92. The van der Waals surface area contributed by atoms with E-state index in [4.69, 9.17) is 9.47 Å². The molecule has 0 bridgehead atoms. The minimum absolute atomic E-state index is 0.811. The van der Waals surface area contributed by atoms with Crippen LogP contribution < -0.4 is 14.4 Å². The molecule has 284 valence electrons. The van der Waals surface area contributed by atoms with Crippen LogP contribution in [0.25, 0.3) is 34.1 Å². The number of rotatable bonds is 11. The highest BCUT2D eigenvalue weighted by molar-refractivity contribution is 6.06. The highest BCUT2D eigenvalue weighted by Gasteiger charge is 2.18. The van der Waals surface area contributed by atoms with Gasteiger partial charge in [-0.25, -0.2) is 0 Å². The lowest BCUT2D eigenvalue weighted by molar-refractivity contribution is 0.414. The molecule has 0 saturated carbocycles. The van der Waals surface area contributed by atoms with Crippen molar-refractivity contribution in [1.29, 1.82) is 0 Å². The lowest BCUT2D eigenvalue weighted by Crippen LogP contribution is -2.11. The minimum atomic E-state index is 0.811. The van der Waals surface area contributed by atoms with Crippen LogP contribution >= 0.6 is 0 Å². The Bertz CT molecular complexity index is 2660. The first-order valence-corrected chi connectivity index (χ1v) is 19.7. The van der Waals surface area contributed by atoms with E-state index in [1.165, 1.54) is 49.7 Å². The second-order valence-electron chi connectivity index (χ2n) is 14.8. The summed E-state index contributed by atoms with van der Waals surface area (Å²) in [6.45, 7) is 6.42. The zero-order valence-electron chi connectivity index (χ0n) is 33.7. The summed E-state index contributed by atoms with van der Waals surface area (Å²) in [5.74, 6) is 1.62. The predicted molar refractivity (Wildman–Crippen MR) is 246 cm³/mol. The van der Waals surface area contributed by atoms with Gasteiger partial charge in [0.25, 0.3) is 0 Å². The SMILES string of the molecule is COc1cccc(C(=Cc2ccc(N(c3cccc(C)c3)c3ccc(C=C(c4ccc(C)cc4)c4ccc(C)cc4)c4ccccc34)cc2)c2cccc(OC)c2)c1. The molecule has 0 heterocycles. The zero-order valence-corrected chi connectivity index (χ0v) is 33.7. The van der Waals surface area contributed by atoms with Gasteiger partial charge in [0.05, 0.1) is 19.9 Å². The third-order valence-corrected chi connectivity index (χ3v) is 10.7. The van der Waals surface area contributed by atoms with E-state index >= 15 is 0 Å². The van der Waals surface area contributed by atoms with Gasteiger partial charge in [0.15, 0.2) is 0 Å². The molecule has 0 fully saturated rings. The average molecular weight is 754 g/mol. The number of fused-ring (bicyclic) bond motifs is 1. The second-order valence-corrected chi connectivity index (χ2v) is 14.8. The minimum Gasteiger partial charge on any atom is -0.497 e. The number of anilines is 3. The van der Waals surface area contributed by atoms with Crippen molar-refractivity contribution in [3.05, 3.63) is 232 Å². The number of nitrogens with zero attached hydrogens (tertiary/aromatic N) is 1. The molecule has 58 heavy (non-hydrogen) atoms. The Morgan fingerprint density at radius 2 is 0.966 bits per heavy atom. The Labute approximate surface area is 342 Å². The predicted octanol–water partition coefficient (Wildman–Crippen LogP) is 14.4. The van der Waals surface area contributed by atoms with Gasteiger partial charge in [0.2, 0.25) is 0 Å². The maximum absolute atomic E-state index is 5.61. The van der Waals surface area contributed by atoms with Crippen LogP contribution in [0.4, 0.5) is 17.1 Å². The van der Waals surface area contributed by atoms with Crippen LogP contribution in [0.3, 0.4) is 0 Å². The van der Waals surface area contributed by atoms with Crippen molar-refractivity contribution < 1.29 is 9.47 Å². The van der Waals surface area contributed by atoms with Crippen molar-refractivity contribution >= 4 is 51.1 Å². The summed E-state index contributed by atoms with van der Waals surface area (Å²) in [4.78, 5) is 2.38. The number of methoxy groups -OCH3 is 2. The molecule has 0 aliphatic heterocycles. The van der Waals surface area contributed by atoms with E-state index in [2.05, 4.69) is 196 Å². The maximum atomic E-state index is 5.61. The highest BCUT2D eigenvalue weighted by Crippen LogP contribution is 2.41. The summed E-state index contributed by atoms with van der Waals surface area (Å²) in [5, 5.41) is 2.36. The van der Waals surface area contributed by atoms with E-state index in [1.807, 2.05) is 24.3 Å². The van der Waals surface area contributed by atoms with E-state index in [1.54, 1.807) is 14.2 Å². The van der Waals surface area contributed by atoms with Crippen molar-refractivity contribution in [2.45, 2.75) is 20.8 Å². The van der Waals surface area contributed by atoms with Crippen LogP contribution in [0.15, 0.2) is 182 Å². The van der Waals surface area contributed by atoms with Crippen LogP contribution in [-0.2, 0) is 0 Å². The quantitative estimate of drug-likeness (QED) is 0.123. The Balaban J connectivity index is 1.25. The van der Waals surface area contributed by atoms with Gasteiger partial charge in [-0.05, 0) is 143 Å². The Hall–Kier alpha value is -7.10. The van der Waals surface area contributed by atoms with Gasteiger partial charge in [-0.15, -0.1) is 0 Å². The van der Waals surface area contributed by atoms with Gasteiger partial charge in [-0.3, -0.25) is 0 Å². The summed E-state index contributed by atoms with van der Waals surface area (Å²) in [6, 6.07) is 65.0. The van der Waals surface area contributed by atoms with Crippen LogP contribution in [-0.4, -0.2) is 14.2 Å². The average Bonchev–Trinajstić information content (AvgIpc) is 3.26. The summed E-state index contributed by atoms with van der Waals surface area (Å²) >= 11 is 0. The third-order valence-electron chi connectivity index (χ3n) is 10.7. The molecule has 0 radical (unpaired) electrons. The van der Waals surface area contributed by atoms with Crippen molar-refractivity contribution in [3.8, 4) is 11.5 Å². The van der Waals surface area contributed by atoms with Crippen LogP contribution in [0.1, 0.15) is 50.1 Å². The smallest absolute Gasteiger partial charge is 0.119 e. The van der Waals surface area contributed by atoms with E-state index in [9.17, 15) is 0 Å². The molecule has 0 aromatic heterocycles. The van der Waals surface area contributed by atoms with E-state index in [0.717, 1.165) is 50.8 Å². The lowest BCUT2D eigenvalue weighted by Gasteiger charge is -2.28. The normalized spacial score (nSPS) is 10.8. The number of hydrogen-bond donors (Lipinski definition) is 0. The molecule has 0 unspecified atom stereocenters. The van der Waals surface area contributed by atoms with E-state index < -0.39 is 0 Å². The summed E-state index contributed by atoms with van der Waals surface area (Å²) in [7, 11) is 3.41. The zero-order chi connectivity index (χ0) is 40.0. The van der Waals surface area contributed by atoms with Gasteiger partial charge in [0.1, 0.15) is 11.5 Å². The number of hydrogen-bond acceptors (Lipinski definition) is 3.